The second-order valence-corrected chi connectivity index (χ2v) is 2.28. The molecule has 0 bridgehead atoms. The van der Waals surface area contributed by atoms with Crippen LogP contribution in [-0.2, 0) is 0 Å². The van der Waals surface area contributed by atoms with Gasteiger partial charge in [0.2, 0.25) is 0 Å². The fraction of sp³-hybridized carbons (Fsp3) is 0.750. The van der Waals surface area contributed by atoms with Crippen molar-refractivity contribution in [2.45, 2.75) is 38.7 Å². The van der Waals surface area contributed by atoms with Gasteiger partial charge in [-0.1, -0.05) is 13.0 Å². The first-order valence-corrected chi connectivity index (χ1v) is 3.60. The molecule has 0 aliphatic carbocycles. The molecule has 0 radical (unpaired) electrons. The highest BCUT2D eigenvalue weighted by Crippen LogP contribution is 2.03. The zero-order valence-corrected chi connectivity index (χ0v) is 6.14. The topological polar surface area (TPSA) is 20.2 Å². The van der Waals surface area contributed by atoms with Crippen LogP contribution in [0.4, 0.5) is 0 Å². The lowest BCUT2D eigenvalue weighted by Gasteiger charge is -2.04. The number of allylic oxidation sites excluding steroid dienone is 1. The first kappa shape index (κ1) is 8.70. The van der Waals surface area contributed by atoms with Gasteiger partial charge in [0.25, 0.3) is 0 Å². The van der Waals surface area contributed by atoms with Gasteiger partial charge in [0.05, 0.1) is 6.10 Å². The number of rotatable bonds is 5. The van der Waals surface area contributed by atoms with Gasteiger partial charge in [0.15, 0.2) is 0 Å². The molecule has 1 heteroatoms. The summed E-state index contributed by atoms with van der Waals surface area (Å²) in [6.45, 7) is 5.60. The molecule has 1 N–H and O–H groups in total. The summed E-state index contributed by atoms with van der Waals surface area (Å²) in [7, 11) is 0. The highest BCUT2D eigenvalue weighted by molar-refractivity contribution is 4.66. The molecule has 1 atom stereocenters. The Balaban J connectivity index is 2.96. The predicted molar refractivity (Wildman–Crippen MR) is 40.3 cm³/mol. The van der Waals surface area contributed by atoms with Crippen LogP contribution in [0.2, 0.25) is 0 Å². The van der Waals surface area contributed by atoms with Crippen molar-refractivity contribution < 1.29 is 5.11 Å². The lowest BCUT2D eigenvalue weighted by molar-refractivity contribution is 0.158. The van der Waals surface area contributed by atoms with Crippen molar-refractivity contribution in [3.63, 3.8) is 0 Å². The summed E-state index contributed by atoms with van der Waals surface area (Å²) in [6, 6.07) is 0. The van der Waals surface area contributed by atoms with E-state index in [1.54, 1.807) is 0 Å². The Morgan fingerprint density at radius 2 is 2.33 bits per heavy atom. The Labute approximate surface area is 57.4 Å². The van der Waals surface area contributed by atoms with Crippen LogP contribution in [0.25, 0.3) is 0 Å². The monoisotopic (exact) mass is 128 g/mol. The second-order valence-electron chi connectivity index (χ2n) is 2.28. The molecule has 0 aromatic rings. The van der Waals surface area contributed by atoms with Gasteiger partial charge in [0.1, 0.15) is 0 Å². The lowest BCUT2D eigenvalue weighted by atomic mass is 10.1. The van der Waals surface area contributed by atoms with E-state index in [-0.39, 0.29) is 6.10 Å². The van der Waals surface area contributed by atoms with Gasteiger partial charge < -0.3 is 5.11 Å². The summed E-state index contributed by atoms with van der Waals surface area (Å²) in [5, 5.41) is 9.05. The van der Waals surface area contributed by atoms with E-state index in [1.165, 1.54) is 0 Å². The number of hydrogen-bond donors (Lipinski definition) is 1. The normalized spacial score (nSPS) is 13.1. The highest BCUT2D eigenvalue weighted by atomic mass is 16.3. The molecule has 0 saturated heterocycles. The molecule has 0 fully saturated rings. The first-order chi connectivity index (χ1) is 4.31. The molecule has 0 aromatic carbocycles. The smallest absolute Gasteiger partial charge is 0.0537 e. The largest absolute Gasteiger partial charge is 0.393 e. The van der Waals surface area contributed by atoms with Crippen molar-refractivity contribution in [2.24, 2.45) is 0 Å². The Bertz CT molecular complexity index is 69.0. The van der Waals surface area contributed by atoms with Crippen LogP contribution in [0, 0.1) is 0 Å². The highest BCUT2D eigenvalue weighted by Gasteiger charge is 1.97. The number of aliphatic hydroxyl groups excluding tert-OH is 1. The molecule has 0 saturated carbocycles. The molecule has 0 spiro atoms. The average molecular weight is 128 g/mol. The quantitative estimate of drug-likeness (QED) is 0.444. The van der Waals surface area contributed by atoms with Crippen molar-refractivity contribution in [3.8, 4) is 0 Å². The van der Waals surface area contributed by atoms with Crippen molar-refractivity contribution >= 4 is 0 Å². The van der Waals surface area contributed by atoms with Gasteiger partial charge in [-0.2, -0.15) is 0 Å². The average Bonchev–Trinajstić information content (AvgIpc) is 1.89. The molecule has 0 rings (SSSR count). The van der Waals surface area contributed by atoms with Gasteiger partial charge in [-0.25, -0.2) is 0 Å². The summed E-state index contributed by atoms with van der Waals surface area (Å²) < 4.78 is 0. The van der Waals surface area contributed by atoms with E-state index in [0.29, 0.717) is 0 Å². The maximum atomic E-state index is 9.05. The third-order valence-electron chi connectivity index (χ3n) is 1.42. The molecule has 0 heterocycles. The molecule has 0 aliphatic rings. The predicted octanol–water partition coefficient (Wildman–Crippen LogP) is 2.11. The van der Waals surface area contributed by atoms with Gasteiger partial charge in [0, 0.05) is 0 Å². The van der Waals surface area contributed by atoms with E-state index in [0.717, 1.165) is 25.7 Å². The number of hydrogen-bond acceptors (Lipinski definition) is 1. The van der Waals surface area contributed by atoms with E-state index >= 15 is 0 Å². The molecular weight excluding hydrogens is 112 g/mol. The minimum absolute atomic E-state index is 0.0926. The number of aliphatic hydroxyl groups is 1. The minimum atomic E-state index is -0.0926. The Morgan fingerprint density at radius 3 is 2.78 bits per heavy atom. The van der Waals surface area contributed by atoms with E-state index in [9.17, 15) is 0 Å². The van der Waals surface area contributed by atoms with Gasteiger partial charge in [-0.05, 0) is 25.7 Å². The fourth-order valence-corrected chi connectivity index (χ4v) is 0.702. The van der Waals surface area contributed by atoms with E-state index < -0.39 is 0 Å². The van der Waals surface area contributed by atoms with Crippen molar-refractivity contribution in [3.05, 3.63) is 12.7 Å². The van der Waals surface area contributed by atoms with Gasteiger partial charge >= 0.3 is 0 Å². The summed E-state index contributed by atoms with van der Waals surface area (Å²) in [5.74, 6) is 0. The van der Waals surface area contributed by atoms with Crippen LogP contribution in [0.1, 0.15) is 32.6 Å². The zero-order chi connectivity index (χ0) is 7.11. The van der Waals surface area contributed by atoms with Crippen molar-refractivity contribution in [1.29, 1.82) is 0 Å². The Kier molecular flexibility index (Phi) is 5.64. The molecule has 0 amide bonds. The van der Waals surface area contributed by atoms with Crippen LogP contribution in [0.5, 0.6) is 0 Å². The molecular formula is C8H16O. The Hall–Kier alpha value is -0.300. The second kappa shape index (κ2) is 5.83. The summed E-state index contributed by atoms with van der Waals surface area (Å²) in [4.78, 5) is 0. The zero-order valence-electron chi connectivity index (χ0n) is 6.14. The lowest BCUT2D eigenvalue weighted by Crippen LogP contribution is -2.02. The van der Waals surface area contributed by atoms with Crippen LogP contribution >= 0.6 is 0 Å². The van der Waals surface area contributed by atoms with Gasteiger partial charge in [-0.3, -0.25) is 0 Å². The molecule has 9 heavy (non-hydrogen) atoms. The standard InChI is InChI=1S/C8H16O/c1-3-5-6-7-8(9)4-2/h3,8-9H,1,4-7H2,2H3/t8-/m0/s1. The molecule has 0 unspecified atom stereocenters. The van der Waals surface area contributed by atoms with Crippen LogP contribution in [0.15, 0.2) is 12.7 Å². The van der Waals surface area contributed by atoms with Crippen molar-refractivity contribution in [1.82, 2.24) is 0 Å². The fourth-order valence-electron chi connectivity index (χ4n) is 0.702. The maximum Gasteiger partial charge on any atom is 0.0537 e. The SMILES string of the molecule is C=CCCC[C@@H](O)CC. The third kappa shape index (κ3) is 5.57. The minimum Gasteiger partial charge on any atom is -0.393 e. The van der Waals surface area contributed by atoms with E-state index in [4.69, 9.17) is 5.11 Å². The summed E-state index contributed by atoms with van der Waals surface area (Å²) >= 11 is 0. The Morgan fingerprint density at radius 1 is 1.67 bits per heavy atom. The molecule has 1 nitrogen and oxygen atoms in total. The van der Waals surface area contributed by atoms with E-state index in [2.05, 4.69) is 6.58 Å². The first-order valence-electron chi connectivity index (χ1n) is 3.60. The number of unbranched alkanes of at least 4 members (excludes halogenated alkanes) is 1. The van der Waals surface area contributed by atoms with Crippen LogP contribution in [-0.4, -0.2) is 11.2 Å². The van der Waals surface area contributed by atoms with Gasteiger partial charge in [-0.15, -0.1) is 6.58 Å². The third-order valence-corrected chi connectivity index (χ3v) is 1.42. The summed E-state index contributed by atoms with van der Waals surface area (Å²) in [6.07, 6.45) is 5.68. The molecule has 54 valence electrons. The van der Waals surface area contributed by atoms with Crippen LogP contribution < -0.4 is 0 Å². The maximum absolute atomic E-state index is 9.05. The van der Waals surface area contributed by atoms with Crippen LogP contribution in [0.3, 0.4) is 0 Å². The van der Waals surface area contributed by atoms with E-state index in [1.807, 2.05) is 13.0 Å². The summed E-state index contributed by atoms with van der Waals surface area (Å²) in [5.41, 5.74) is 0. The van der Waals surface area contributed by atoms with Crippen molar-refractivity contribution in [2.75, 3.05) is 0 Å². The molecule has 0 aliphatic heterocycles. The molecule has 0 aromatic heterocycles.